The van der Waals surface area contributed by atoms with Crippen LogP contribution in [-0.4, -0.2) is 25.3 Å². The molecule has 2 unspecified atom stereocenters. The minimum Gasteiger partial charge on any atom is -0.207 e. The van der Waals surface area contributed by atoms with Crippen LogP contribution >= 0.6 is 23.2 Å². The van der Waals surface area contributed by atoms with E-state index in [1.165, 1.54) is 12.5 Å². The Morgan fingerprint density at radius 1 is 1.19 bits per heavy atom. The van der Waals surface area contributed by atoms with E-state index in [-0.39, 0.29) is 16.8 Å². The third kappa shape index (κ3) is 2.83. The molecule has 116 valence electrons. The molecule has 6 heteroatoms. The van der Waals surface area contributed by atoms with Gasteiger partial charge in [-0.1, -0.05) is 30.5 Å². The summed E-state index contributed by atoms with van der Waals surface area (Å²) in [4.78, 5) is 0.285. The summed E-state index contributed by atoms with van der Waals surface area (Å²) in [5, 5.41) is 0.422. The lowest BCUT2D eigenvalue weighted by Crippen LogP contribution is -2.39. The summed E-state index contributed by atoms with van der Waals surface area (Å²) < 4.78 is 27.4. The van der Waals surface area contributed by atoms with Crippen molar-refractivity contribution in [3.8, 4) is 0 Å². The van der Waals surface area contributed by atoms with Crippen LogP contribution in [0.4, 0.5) is 0 Å². The second kappa shape index (κ2) is 6.07. The van der Waals surface area contributed by atoms with Crippen molar-refractivity contribution in [1.82, 2.24) is 4.31 Å². The molecule has 0 bridgehead atoms. The number of halogens is 2. The fourth-order valence-corrected chi connectivity index (χ4v) is 5.96. The minimum absolute atomic E-state index is 0.176. The third-order valence-electron chi connectivity index (χ3n) is 4.73. The zero-order valence-electron chi connectivity index (χ0n) is 11.8. The molecule has 0 amide bonds. The molecular formula is C15H19Cl2NO2S. The summed E-state index contributed by atoms with van der Waals surface area (Å²) in [5.41, 5.74) is 0.759. The smallest absolute Gasteiger partial charge is 0.207 e. The normalized spacial score (nSPS) is 26.8. The summed E-state index contributed by atoms with van der Waals surface area (Å²) in [6, 6.07) is 5.03. The van der Waals surface area contributed by atoms with Gasteiger partial charge < -0.3 is 0 Å². The second-order valence-electron chi connectivity index (χ2n) is 5.90. The average molecular weight is 348 g/mol. The van der Waals surface area contributed by atoms with Crippen LogP contribution in [0.25, 0.3) is 0 Å². The molecule has 2 atom stereocenters. The second-order valence-corrected chi connectivity index (χ2v) is 8.47. The molecule has 0 N–H and O–H groups in total. The van der Waals surface area contributed by atoms with Gasteiger partial charge in [0, 0.05) is 23.5 Å². The lowest BCUT2D eigenvalue weighted by molar-refractivity contribution is 0.260. The first-order chi connectivity index (χ1) is 10.0. The molecular weight excluding hydrogens is 329 g/mol. The van der Waals surface area contributed by atoms with Crippen LogP contribution < -0.4 is 0 Å². The van der Waals surface area contributed by atoms with Gasteiger partial charge in [-0.25, -0.2) is 8.42 Å². The van der Waals surface area contributed by atoms with Crippen molar-refractivity contribution in [2.45, 2.75) is 48.9 Å². The van der Waals surface area contributed by atoms with E-state index in [4.69, 9.17) is 23.2 Å². The van der Waals surface area contributed by atoms with E-state index < -0.39 is 10.0 Å². The lowest BCUT2D eigenvalue weighted by Gasteiger charge is -2.31. The van der Waals surface area contributed by atoms with Gasteiger partial charge in [0.2, 0.25) is 10.0 Å². The van der Waals surface area contributed by atoms with Crippen LogP contribution in [0.1, 0.15) is 37.7 Å². The Hall–Kier alpha value is -0.290. The van der Waals surface area contributed by atoms with E-state index in [1.807, 2.05) is 0 Å². The number of rotatable bonds is 3. The summed E-state index contributed by atoms with van der Waals surface area (Å²) in [5.74, 6) is 0.819. The first kappa shape index (κ1) is 15.6. The molecule has 1 aromatic rings. The third-order valence-corrected chi connectivity index (χ3v) is 7.29. The number of hydrogen-bond donors (Lipinski definition) is 0. The highest BCUT2D eigenvalue weighted by atomic mass is 35.5. The monoisotopic (exact) mass is 347 g/mol. The Kier molecular flexibility index (Phi) is 4.51. The largest absolute Gasteiger partial charge is 0.243 e. The maximum atomic E-state index is 12.9. The zero-order chi connectivity index (χ0) is 15.0. The number of sulfonamides is 1. The van der Waals surface area contributed by atoms with Gasteiger partial charge in [-0.05, 0) is 42.9 Å². The molecule has 1 aliphatic heterocycles. The Morgan fingerprint density at radius 3 is 2.67 bits per heavy atom. The molecule has 2 fully saturated rings. The summed E-state index contributed by atoms with van der Waals surface area (Å²) in [6.45, 7) is 0.631. The molecule has 1 heterocycles. The first-order valence-corrected chi connectivity index (χ1v) is 9.75. The number of fused-ring (bicyclic) bond motifs is 1. The van der Waals surface area contributed by atoms with Crippen molar-refractivity contribution < 1.29 is 8.42 Å². The topological polar surface area (TPSA) is 37.4 Å². The number of alkyl halides is 1. The minimum atomic E-state index is -3.45. The molecule has 2 aliphatic rings. The van der Waals surface area contributed by atoms with E-state index in [9.17, 15) is 8.42 Å². The Bertz CT molecular complexity index is 633. The van der Waals surface area contributed by atoms with Crippen molar-refractivity contribution in [3.05, 3.63) is 28.8 Å². The summed E-state index contributed by atoms with van der Waals surface area (Å²) in [6.07, 6.45) is 5.47. The maximum absolute atomic E-state index is 12.9. The van der Waals surface area contributed by atoms with Crippen LogP contribution in [0.3, 0.4) is 0 Å². The van der Waals surface area contributed by atoms with E-state index in [0.717, 1.165) is 31.2 Å². The standard InChI is InChI=1S/C15H19Cl2NO2S/c16-10-12-5-6-13(9-14(12)17)21(19,20)18-8-7-11-3-1-2-4-15(11)18/h5-6,9,11,15H,1-4,7-8,10H2. The van der Waals surface area contributed by atoms with Gasteiger partial charge in [0.05, 0.1) is 4.90 Å². The van der Waals surface area contributed by atoms with Gasteiger partial charge >= 0.3 is 0 Å². The predicted molar refractivity (Wildman–Crippen MR) is 85.3 cm³/mol. The van der Waals surface area contributed by atoms with Crippen LogP contribution in [0.2, 0.25) is 5.02 Å². The SMILES string of the molecule is O=S(=O)(c1ccc(CCl)c(Cl)c1)N1CCC2CCCCC21. The molecule has 3 rings (SSSR count). The van der Waals surface area contributed by atoms with Gasteiger partial charge in [0.1, 0.15) is 0 Å². The van der Waals surface area contributed by atoms with E-state index >= 15 is 0 Å². The summed E-state index contributed by atoms with van der Waals surface area (Å²) in [7, 11) is -3.45. The van der Waals surface area contributed by atoms with Crippen molar-refractivity contribution in [3.63, 3.8) is 0 Å². The van der Waals surface area contributed by atoms with Crippen molar-refractivity contribution in [1.29, 1.82) is 0 Å². The van der Waals surface area contributed by atoms with Crippen LogP contribution in [0, 0.1) is 5.92 Å². The molecule has 1 aliphatic carbocycles. The molecule has 1 saturated heterocycles. The zero-order valence-corrected chi connectivity index (χ0v) is 14.1. The number of hydrogen-bond acceptors (Lipinski definition) is 2. The van der Waals surface area contributed by atoms with E-state index in [0.29, 0.717) is 17.5 Å². The van der Waals surface area contributed by atoms with Crippen molar-refractivity contribution in [2.24, 2.45) is 5.92 Å². The molecule has 0 aromatic heterocycles. The molecule has 0 radical (unpaired) electrons. The van der Waals surface area contributed by atoms with E-state index in [2.05, 4.69) is 0 Å². The van der Waals surface area contributed by atoms with Crippen molar-refractivity contribution in [2.75, 3.05) is 6.54 Å². The summed E-state index contributed by atoms with van der Waals surface area (Å²) >= 11 is 11.9. The van der Waals surface area contributed by atoms with Gasteiger partial charge in [-0.15, -0.1) is 11.6 Å². The Balaban J connectivity index is 1.91. The van der Waals surface area contributed by atoms with Gasteiger partial charge in [0.25, 0.3) is 0 Å². The number of nitrogens with zero attached hydrogens (tertiary/aromatic N) is 1. The fraction of sp³-hybridized carbons (Fsp3) is 0.600. The number of benzene rings is 1. The molecule has 1 saturated carbocycles. The Labute approximate surface area is 136 Å². The predicted octanol–water partition coefficient (Wildman–Crippen LogP) is 4.03. The molecule has 1 aromatic carbocycles. The maximum Gasteiger partial charge on any atom is 0.243 e. The molecule has 21 heavy (non-hydrogen) atoms. The van der Waals surface area contributed by atoms with Gasteiger partial charge in [-0.3, -0.25) is 0 Å². The van der Waals surface area contributed by atoms with Gasteiger partial charge in [-0.2, -0.15) is 4.31 Å². The lowest BCUT2D eigenvalue weighted by atomic mass is 9.86. The highest BCUT2D eigenvalue weighted by Crippen LogP contribution is 2.39. The van der Waals surface area contributed by atoms with Crippen molar-refractivity contribution >= 4 is 33.2 Å². The van der Waals surface area contributed by atoms with Crippen LogP contribution in [-0.2, 0) is 15.9 Å². The fourth-order valence-electron chi connectivity index (χ4n) is 3.59. The van der Waals surface area contributed by atoms with Crippen LogP contribution in [0.15, 0.2) is 23.1 Å². The average Bonchev–Trinajstić information content (AvgIpc) is 2.91. The van der Waals surface area contributed by atoms with E-state index in [1.54, 1.807) is 16.4 Å². The first-order valence-electron chi connectivity index (χ1n) is 7.40. The highest BCUT2D eigenvalue weighted by molar-refractivity contribution is 7.89. The van der Waals surface area contributed by atoms with Crippen LogP contribution in [0.5, 0.6) is 0 Å². The molecule has 3 nitrogen and oxygen atoms in total. The molecule has 0 spiro atoms. The Morgan fingerprint density at radius 2 is 1.95 bits per heavy atom. The quantitative estimate of drug-likeness (QED) is 0.774. The highest BCUT2D eigenvalue weighted by Gasteiger charge is 2.42. The van der Waals surface area contributed by atoms with Gasteiger partial charge in [0.15, 0.2) is 0 Å².